The van der Waals surface area contributed by atoms with E-state index in [4.69, 9.17) is 104 Å². The molecular weight excluding hydrogens is 1110 g/mol. The molecule has 2 saturated carbocycles. The lowest BCUT2D eigenvalue weighted by atomic mass is 9.84. The van der Waals surface area contributed by atoms with Gasteiger partial charge in [0.15, 0.2) is 22.8 Å². The highest BCUT2D eigenvalue weighted by atomic mass is 32.2. The summed E-state index contributed by atoms with van der Waals surface area (Å²) in [7, 11) is 0. The second kappa shape index (κ2) is 40.6. The molecule has 0 bridgehead atoms. The van der Waals surface area contributed by atoms with Crippen LogP contribution in [0, 0.1) is 0 Å². The van der Waals surface area contributed by atoms with Gasteiger partial charge in [0.05, 0.1) is 36.5 Å². The van der Waals surface area contributed by atoms with Crippen molar-refractivity contribution in [2.75, 3.05) is 102 Å². The topological polar surface area (TPSA) is 442 Å². The number of nitrogens with two attached hydrogens (primary N) is 9. The van der Waals surface area contributed by atoms with E-state index < -0.39 is 116 Å². The Balaban J connectivity index is 0.980. The van der Waals surface area contributed by atoms with E-state index >= 15 is 0 Å². The van der Waals surface area contributed by atoms with Gasteiger partial charge in [0.2, 0.25) is 0 Å². The van der Waals surface area contributed by atoms with E-state index in [1.54, 1.807) is 0 Å². The number of hydrogen-bond acceptors (Lipinski definition) is 25. The molecule has 0 amide bonds. The molecule has 0 radical (unpaired) electrons. The number of ether oxygens (including phenoxy) is 6. The summed E-state index contributed by atoms with van der Waals surface area (Å²) in [4.78, 5) is 2.54. The van der Waals surface area contributed by atoms with Crippen LogP contribution in [0.4, 0.5) is 0 Å². The summed E-state index contributed by atoms with van der Waals surface area (Å²) < 4.78 is 36.2. The maximum absolute atomic E-state index is 10.9. The third-order valence-electron chi connectivity index (χ3n) is 15.1. The lowest BCUT2D eigenvalue weighted by Crippen LogP contribution is -2.67. The normalized spacial score (nSPS) is 33.9. The first kappa shape index (κ1) is 71.7. The van der Waals surface area contributed by atoms with Gasteiger partial charge in [0, 0.05) is 88.2 Å². The summed E-state index contributed by atoms with van der Waals surface area (Å²) >= 11 is 14.8. The Morgan fingerprint density at radius 2 is 0.950 bits per heavy atom. The standard InChI is InChI=1S/C51H106N14O11S4/c52-12-3-1-5-17-65(18-6-4-13-61-50(77)63-16-25-80-23-10-8-21-72-46-40(67)31(55)26-33(57)44(46)75-48-35(59)28-36(66)37(29-53)73-48)19-11-14-62-51(78)64-15-24-79-22-9-2-7-20-71-47-41(68)32(56)27-34(58)45(47)76-49-39(60)43(70)42(69)38(30-54)74-49/h31-49,66-70H,1-30,52-60H2,(H2,61,63,77)(H2,62,64,78)/t31-,32-,33?,34?,35?,36+,37?,38?,39?,40-,41?,42-,43-,44+,45+,46?,47-,48+,49+/m1/s1. The van der Waals surface area contributed by atoms with E-state index in [1.807, 2.05) is 23.5 Å². The average molecular weight is 1220 g/mol. The van der Waals surface area contributed by atoms with Gasteiger partial charge in [0.1, 0.15) is 42.7 Å². The van der Waals surface area contributed by atoms with Crippen molar-refractivity contribution < 1.29 is 54.0 Å². The minimum absolute atomic E-state index is 0.0416. The van der Waals surface area contributed by atoms with Crippen molar-refractivity contribution >= 4 is 58.2 Å². The molecule has 0 aromatic carbocycles. The minimum Gasteiger partial charge on any atom is -0.390 e. The molecule has 8 unspecified atom stereocenters. The Morgan fingerprint density at radius 1 is 0.475 bits per heavy atom. The molecule has 2 saturated heterocycles. The van der Waals surface area contributed by atoms with Gasteiger partial charge in [-0.15, -0.1) is 0 Å². The van der Waals surface area contributed by atoms with Crippen LogP contribution in [-0.2, 0) is 28.4 Å². The first-order valence-electron chi connectivity index (χ1n) is 29.3. The molecule has 4 aliphatic rings. The molecule has 25 nitrogen and oxygen atoms in total. The number of hydrogen-bond donors (Lipinski definition) is 18. The predicted molar refractivity (Wildman–Crippen MR) is 325 cm³/mol. The lowest BCUT2D eigenvalue weighted by molar-refractivity contribution is -0.291. The van der Waals surface area contributed by atoms with E-state index in [9.17, 15) is 25.5 Å². The molecule has 4 fully saturated rings. The first-order valence-corrected chi connectivity index (χ1v) is 32.4. The number of thiocarbonyl (C=S) groups is 2. The molecule has 2 heterocycles. The third-order valence-corrected chi connectivity index (χ3v) is 17.8. The van der Waals surface area contributed by atoms with E-state index in [2.05, 4.69) is 26.2 Å². The van der Waals surface area contributed by atoms with Crippen molar-refractivity contribution in [3.05, 3.63) is 0 Å². The van der Waals surface area contributed by atoms with Gasteiger partial charge in [-0.25, -0.2) is 0 Å². The molecule has 0 spiro atoms. The third kappa shape index (κ3) is 25.3. The van der Waals surface area contributed by atoms with Gasteiger partial charge in [-0.3, -0.25) is 0 Å². The molecule has 0 aromatic rings. The number of aliphatic hydroxyl groups excluding tert-OH is 5. The smallest absolute Gasteiger partial charge is 0.176 e. The second-order valence-corrected chi connectivity index (χ2v) is 24.9. The first-order chi connectivity index (χ1) is 38.5. The number of rotatable bonds is 39. The van der Waals surface area contributed by atoms with E-state index in [0.717, 1.165) is 146 Å². The fraction of sp³-hybridized carbons (Fsp3) is 0.961. The molecule has 470 valence electrons. The number of aliphatic hydroxyl groups is 5. The zero-order chi connectivity index (χ0) is 58.4. The van der Waals surface area contributed by atoms with Crippen molar-refractivity contribution in [1.82, 2.24) is 26.2 Å². The zero-order valence-corrected chi connectivity index (χ0v) is 50.4. The van der Waals surface area contributed by atoms with Crippen LogP contribution in [0.5, 0.6) is 0 Å². The van der Waals surface area contributed by atoms with Gasteiger partial charge in [-0.1, -0.05) is 12.8 Å². The molecule has 2 aliphatic heterocycles. The monoisotopic (exact) mass is 1220 g/mol. The fourth-order valence-corrected chi connectivity index (χ4v) is 12.4. The van der Waals surface area contributed by atoms with E-state index in [0.29, 0.717) is 36.3 Å². The summed E-state index contributed by atoms with van der Waals surface area (Å²) in [6.07, 6.45) is -0.0245. The predicted octanol–water partition coefficient (Wildman–Crippen LogP) is -4.19. The average Bonchev–Trinajstić information content (AvgIpc) is 3.44. The highest BCUT2D eigenvalue weighted by Gasteiger charge is 2.49. The zero-order valence-electron chi connectivity index (χ0n) is 47.1. The van der Waals surface area contributed by atoms with Crippen LogP contribution in [-0.4, -0.2) is 258 Å². The Bertz CT molecular complexity index is 1670. The van der Waals surface area contributed by atoms with Crippen LogP contribution in [0.1, 0.15) is 89.9 Å². The van der Waals surface area contributed by atoms with Gasteiger partial charge in [0.25, 0.3) is 0 Å². The fourth-order valence-electron chi connectivity index (χ4n) is 10.3. The van der Waals surface area contributed by atoms with Crippen molar-refractivity contribution in [2.24, 2.45) is 51.6 Å². The number of thioether (sulfide) groups is 2. The largest absolute Gasteiger partial charge is 0.390 e. The van der Waals surface area contributed by atoms with Crippen molar-refractivity contribution in [3.63, 3.8) is 0 Å². The number of nitrogens with one attached hydrogen (secondary N) is 4. The molecular formula is C51H106N14O11S4. The van der Waals surface area contributed by atoms with Gasteiger partial charge in [-0.2, -0.15) is 23.5 Å². The lowest BCUT2D eigenvalue weighted by Gasteiger charge is -2.46. The summed E-state index contributed by atoms with van der Waals surface area (Å²) in [5.41, 5.74) is 54.8. The summed E-state index contributed by atoms with van der Waals surface area (Å²) in [5.74, 6) is 3.78. The minimum atomic E-state index is -1.31. The highest BCUT2D eigenvalue weighted by molar-refractivity contribution is 7.99. The van der Waals surface area contributed by atoms with E-state index in [-0.39, 0.29) is 19.5 Å². The van der Waals surface area contributed by atoms with Crippen LogP contribution < -0.4 is 72.9 Å². The van der Waals surface area contributed by atoms with Gasteiger partial charge < -0.3 is 132 Å². The Kier molecular flexibility index (Phi) is 36.4. The van der Waals surface area contributed by atoms with Crippen LogP contribution in [0.15, 0.2) is 0 Å². The second-order valence-electron chi connectivity index (χ2n) is 21.7. The van der Waals surface area contributed by atoms with Gasteiger partial charge >= 0.3 is 0 Å². The van der Waals surface area contributed by atoms with Crippen molar-refractivity contribution in [3.8, 4) is 0 Å². The molecule has 19 atom stereocenters. The van der Waals surface area contributed by atoms with Crippen LogP contribution in [0.3, 0.4) is 0 Å². The Labute approximate surface area is 495 Å². The quantitative estimate of drug-likeness (QED) is 0.0205. The van der Waals surface area contributed by atoms with Crippen molar-refractivity contribution in [1.29, 1.82) is 0 Å². The molecule has 2 aliphatic carbocycles. The molecule has 29 heteroatoms. The van der Waals surface area contributed by atoms with E-state index in [1.165, 1.54) is 0 Å². The maximum atomic E-state index is 10.9. The summed E-state index contributed by atoms with van der Waals surface area (Å²) in [6, 6.07) is -3.82. The molecule has 4 rings (SSSR count). The summed E-state index contributed by atoms with van der Waals surface area (Å²) in [6.45, 7) is 7.79. The summed E-state index contributed by atoms with van der Waals surface area (Å²) in [5, 5.41) is 67.5. The van der Waals surface area contributed by atoms with Crippen molar-refractivity contribution in [2.45, 2.75) is 206 Å². The maximum Gasteiger partial charge on any atom is 0.176 e. The Hall–Kier alpha value is -0.760. The molecule has 0 aromatic heterocycles. The van der Waals surface area contributed by atoms with Crippen LogP contribution in [0.25, 0.3) is 0 Å². The number of unbranched alkanes of at least 4 members (excludes halogenated alkanes) is 6. The van der Waals surface area contributed by atoms with Gasteiger partial charge in [-0.05, 0) is 139 Å². The molecule has 80 heavy (non-hydrogen) atoms. The molecule has 27 N–H and O–H groups in total. The SMILES string of the molecule is NCCCCCN(CCCCNC(=S)NCCSCCCCOC1[C@@H](O[C@@H]2OC(CN)[C@@H](O)CC2N)C(N)C[C@@H](N)[C@H]1O)CCCNC(=S)NCCSCCCCCO[C@@H]1C(O)[C@H](N)CC(N)[C@@H]1O[C@@H]1OC(CN)[C@@H](O)[C@H](O)C1N. The van der Waals surface area contributed by atoms with Crippen LogP contribution >= 0.6 is 48.0 Å². The number of nitrogens with zero attached hydrogens (tertiary/aromatic N) is 1. The van der Waals surface area contributed by atoms with Crippen LogP contribution in [0.2, 0.25) is 0 Å². The Morgan fingerprint density at radius 3 is 1.51 bits per heavy atom. The highest BCUT2D eigenvalue weighted by Crippen LogP contribution is 2.31.